The summed E-state index contributed by atoms with van der Waals surface area (Å²) in [7, 11) is 0. The minimum absolute atomic E-state index is 0.246. The SMILES string of the molecule is Cc1ccc2c(C3=CCN(Cc4ccc(OCC(=O)NO)cc4F)CC3)c[nH]c2c1. The van der Waals surface area contributed by atoms with Gasteiger partial charge in [-0.25, -0.2) is 9.87 Å². The molecule has 0 atom stereocenters. The Balaban J connectivity index is 1.40. The molecule has 2 heterocycles. The third-order valence-electron chi connectivity index (χ3n) is 5.39. The lowest BCUT2D eigenvalue weighted by Crippen LogP contribution is -2.28. The number of rotatable bonds is 6. The van der Waals surface area contributed by atoms with Crippen molar-refractivity contribution in [1.82, 2.24) is 15.4 Å². The van der Waals surface area contributed by atoms with Crippen LogP contribution in [0.25, 0.3) is 16.5 Å². The van der Waals surface area contributed by atoms with Crippen LogP contribution >= 0.6 is 0 Å². The van der Waals surface area contributed by atoms with Gasteiger partial charge in [0, 0.05) is 53.9 Å². The van der Waals surface area contributed by atoms with Gasteiger partial charge in [0.05, 0.1) is 0 Å². The van der Waals surface area contributed by atoms with Gasteiger partial charge in [0.25, 0.3) is 5.91 Å². The van der Waals surface area contributed by atoms with E-state index in [1.54, 1.807) is 12.1 Å². The number of carbonyl (C=O) groups is 1. The molecule has 1 aromatic heterocycles. The minimum Gasteiger partial charge on any atom is -0.484 e. The zero-order valence-corrected chi connectivity index (χ0v) is 16.7. The number of ether oxygens (including phenoxy) is 1. The highest BCUT2D eigenvalue weighted by atomic mass is 19.1. The summed E-state index contributed by atoms with van der Waals surface area (Å²) in [6.45, 7) is 3.81. The third-order valence-corrected chi connectivity index (χ3v) is 5.39. The third kappa shape index (κ3) is 4.37. The number of aryl methyl sites for hydroxylation is 1. The highest BCUT2D eigenvalue weighted by Gasteiger charge is 2.17. The molecule has 0 unspecified atom stereocenters. The molecule has 1 aliphatic rings. The summed E-state index contributed by atoms with van der Waals surface area (Å²) in [4.78, 5) is 16.6. The second-order valence-corrected chi connectivity index (χ2v) is 7.54. The zero-order chi connectivity index (χ0) is 21.1. The van der Waals surface area contributed by atoms with Crippen molar-refractivity contribution in [2.45, 2.75) is 19.9 Å². The predicted molar refractivity (Wildman–Crippen MR) is 113 cm³/mol. The van der Waals surface area contributed by atoms with Crippen LogP contribution in [0.15, 0.2) is 48.7 Å². The van der Waals surface area contributed by atoms with Gasteiger partial charge in [0.2, 0.25) is 0 Å². The van der Waals surface area contributed by atoms with E-state index in [4.69, 9.17) is 9.94 Å². The van der Waals surface area contributed by atoms with E-state index in [2.05, 4.69) is 47.3 Å². The van der Waals surface area contributed by atoms with Crippen molar-refractivity contribution in [3.63, 3.8) is 0 Å². The molecule has 7 heteroatoms. The molecule has 1 aliphatic heterocycles. The Morgan fingerprint density at radius 3 is 2.90 bits per heavy atom. The van der Waals surface area contributed by atoms with Crippen LogP contribution in [0.1, 0.15) is 23.1 Å². The van der Waals surface area contributed by atoms with Crippen LogP contribution < -0.4 is 10.2 Å². The quantitative estimate of drug-likeness (QED) is 0.428. The first-order valence-corrected chi connectivity index (χ1v) is 9.87. The molecule has 1 amide bonds. The fourth-order valence-electron chi connectivity index (χ4n) is 3.77. The molecule has 0 radical (unpaired) electrons. The lowest BCUT2D eigenvalue weighted by Gasteiger charge is -2.26. The summed E-state index contributed by atoms with van der Waals surface area (Å²) < 4.78 is 19.6. The maximum absolute atomic E-state index is 14.4. The molecule has 0 aliphatic carbocycles. The molecule has 30 heavy (non-hydrogen) atoms. The molecule has 156 valence electrons. The number of hydrogen-bond acceptors (Lipinski definition) is 4. The number of aromatic nitrogens is 1. The number of carbonyl (C=O) groups excluding carboxylic acids is 1. The van der Waals surface area contributed by atoms with Gasteiger partial charge in [0.15, 0.2) is 6.61 Å². The summed E-state index contributed by atoms with van der Waals surface area (Å²) in [5, 5.41) is 9.70. The number of H-pyrrole nitrogens is 1. The van der Waals surface area contributed by atoms with Crippen LogP contribution in [-0.4, -0.2) is 40.7 Å². The van der Waals surface area contributed by atoms with Crippen molar-refractivity contribution in [2.75, 3.05) is 19.7 Å². The number of halogens is 1. The van der Waals surface area contributed by atoms with E-state index in [-0.39, 0.29) is 18.2 Å². The lowest BCUT2D eigenvalue weighted by molar-refractivity contribution is -0.131. The topological polar surface area (TPSA) is 77.6 Å². The van der Waals surface area contributed by atoms with Crippen LogP contribution in [0, 0.1) is 12.7 Å². The Morgan fingerprint density at radius 2 is 2.17 bits per heavy atom. The van der Waals surface area contributed by atoms with E-state index >= 15 is 0 Å². The fraction of sp³-hybridized carbons (Fsp3) is 0.261. The molecule has 3 N–H and O–H groups in total. The minimum atomic E-state index is -0.694. The Labute approximate surface area is 173 Å². The Morgan fingerprint density at radius 1 is 1.30 bits per heavy atom. The first kappa shape index (κ1) is 20.1. The average Bonchev–Trinajstić information content (AvgIpc) is 3.17. The molecule has 0 saturated carbocycles. The molecule has 0 saturated heterocycles. The lowest BCUT2D eigenvalue weighted by atomic mass is 9.98. The predicted octanol–water partition coefficient (Wildman–Crippen LogP) is 3.79. The summed E-state index contributed by atoms with van der Waals surface area (Å²) >= 11 is 0. The average molecular weight is 409 g/mol. The van der Waals surface area contributed by atoms with Crippen molar-refractivity contribution in [1.29, 1.82) is 0 Å². The number of fused-ring (bicyclic) bond motifs is 1. The summed E-state index contributed by atoms with van der Waals surface area (Å²) in [6, 6.07) is 11.0. The number of benzene rings is 2. The van der Waals surface area contributed by atoms with E-state index in [0.717, 1.165) is 25.0 Å². The monoisotopic (exact) mass is 409 g/mol. The van der Waals surface area contributed by atoms with Gasteiger partial charge in [-0.2, -0.15) is 0 Å². The molecule has 0 fully saturated rings. The highest BCUT2D eigenvalue weighted by molar-refractivity contribution is 5.93. The van der Waals surface area contributed by atoms with Crippen molar-refractivity contribution in [3.05, 3.63) is 71.2 Å². The van der Waals surface area contributed by atoms with E-state index in [9.17, 15) is 9.18 Å². The number of nitrogens with zero attached hydrogens (tertiary/aromatic N) is 1. The van der Waals surface area contributed by atoms with Gasteiger partial charge in [0.1, 0.15) is 11.6 Å². The van der Waals surface area contributed by atoms with Crippen molar-refractivity contribution >= 4 is 22.4 Å². The molecule has 4 rings (SSSR count). The van der Waals surface area contributed by atoms with E-state index < -0.39 is 5.91 Å². The van der Waals surface area contributed by atoms with Crippen molar-refractivity contribution in [2.24, 2.45) is 0 Å². The summed E-state index contributed by atoms with van der Waals surface area (Å²) in [5.74, 6) is -0.824. The maximum Gasteiger partial charge on any atom is 0.281 e. The van der Waals surface area contributed by atoms with E-state index in [1.165, 1.54) is 33.6 Å². The van der Waals surface area contributed by atoms with Crippen LogP contribution in [0.2, 0.25) is 0 Å². The van der Waals surface area contributed by atoms with Gasteiger partial charge in [-0.3, -0.25) is 14.9 Å². The van der Waals surface area contributed by atoms with Crippen molar-refractivity contribution in [3.8, 4) is 5.75 Å². The van der Waals surface area contributed by atoms with Gasteiger partial charge in [-0.05, 0) is 36.6 Å². The van der Waals surface area contributed by atoms with E-state index in [1.807, 2.05) is 0 Å². The van der Waals surface area contributed by atoms with Crippen LogP contribution in [0.4, 0.5) is 4.39 Å². The molecular weight excluding hydrogens is 385 g/mol. The van der Waals surface area contributed by atoms with Gasteiger partial charge < -0.3 is 9.72 Å². The van der Waals surface area contributed by atoms with Gasteiger partial charge in [-0.1, -0.05) is 24.3 Å². The largest absolute Gasteiger partial charge is 0.484 e. The first-order valence-electron chi connectivity index (χ1n) is 9.87. The standard InChI is InChI=1S/C23H24FN3O3/c1-15-2-5-19-20(12-25-22(19)10-15)16-6-8-27(9-7-16)13-17-3-4-18(11-21(17)24)30-14-23(28)26-29/h2-6,10-12,25,29H,7-9,13-14H2,1H3,(H,26,28). The molecule has 6 nitrogen and oxygen atoms in total. The molecule has 0 spiro atoms. The van der Waals surface area contributed by atoms with Crippen molar-refractivity contribution < 1.29 is 19.1 Å². The van der Waals surface area contributed by atoms with Crippen LogP contribution in [0.5, 0.6) is 5.75 Å². The second-order valence-electron chi connectivity index (χ2n) is 7.54. The Hall–Kier alpha value is -3.16. The molecular formula is C23H24FN3O3. The Bertz CT molecular complexity index is 1110. The highest BCUT2D eigenvalue weighted by Crippen LogP contribution is 2.30. The smallest absolute Gasteiger partial charge is 0.281 e. The second kappa shape index (κ2) is 8.69. The molecule has 2 aromatic carbocycles. The number of amides is 1. The Kier molecular flexibility index (Phi) is 5.83. The number of hydroxylamine groups is 1. The summed E-state index contributed by atoms with van der Waals surface area (Å²) in [6.07, 6.45) is 5.19. The maximum atomic E-state index is 14.4. The van der Waals surface area contributed by atoms with Crippen LogP contribution in [0.3, 0.4) is 0 Å². The number of aromatic amines is 1. The fourth-order valence-corrected chi connectivity index (χ4v) is 3.77. The van der Waals surface area contributed by atoms with Gasteiger partial charge in [-0.15, -0.1) is 0 Å². The van der Waals surface area contributed by atoms with Gasteiger partial charge >= 0.3 is 0 Å². The zero-order valence-electron chi connectivity index (χ0n) is 16.7. The number of hydrogen-bond donors (Lipinski definition) is 3. The molecule has 0 bridgehead atoms. The first-order chi connectivity index (χ1) is 14.5. The van der Waals surface area contributed by atoms with Crippen LogP contribution in [-0.2, 0) is 11.3 Å². The number of nitrogens with one attached hydrogen (secondary N) is 2. The normalized spacial score (nSPS) is 14.6. The summed E-state index contributed by atoms with van der Waals surface area (Å²) in [5.41, 5.74) is 6.98. The molecule has 3 aromatic rings. The van der Waals surface area contributed by atoms with E-state index in [0.29, 0.717) is 12.1 Å².